The molecule has 2 rings (SSSR count). The molecule has 1 aromatic carbocycles. The molecule has 21 heavy (non-hydrogen) atoms. The van der Waals surface area contributed by atoms with Gasteiger partial charge in [0.25, 0.3) is 0 Å². The van der Waals surface area contributed by atoms with Gasteiger partial charge in [0.15, 0.2) is 0 Å². The van der Waals surface area contributed by atoms with Gasteiger partial charge in [-0.15, -0.1) is 0 Å². The molecule has 0 fully saturated rings. The highest BCUT2D eigenvalue weighted by atomic mass is 16.3. The smallest absolute Gasteiger partial charge is 0.220 e. The second-order valence-corrected chi connectivity index (χ2v) is 5.77. The summed E-state index contributed by atoms with van der Waals surface area (Å²) in [6, 6.07) is 7.85. The molecular formula is C17H24N2O2. The number of nitrogens with one attached hydrogen (secondary N) is 1. The SMILES string of the molecule is Cc1c(C(NC(=O)CCCN)C(C)C)oc2ccccc12. The van der Waals surface area contributed by atoms with Crippen LogP contribution in [-0.2, 0) is 4.79 Å². The Hall–Kier alpha value is -1.81. The summed E-state index contributed by atoms with van der Waals surface area (Å²) in [6.45, 7) is 6.74. The maximum absolute atomic E-state index is 12.0. The average Bonchev–Trinajstić information content (AvgIpc) is 2.80. The number of carbonyl (C=O) groups is 1. The maximum Gasteiger partial charge on any atom is 0.220 e. The van der Waals surface area contributed by atoms with Crippen molar-refractivity contribution in [2.75, 3.05) is 6.54 Å². The Morgan fingerprint density at radius 3 is 2.67 bits per heavy atom. The van der Waals surface area contributed by atoms with Gasteiger partial charge in [0.1, 0.15) is 11.3 Å². The third-order valence-electron chi connectivity index (χ3n) is 3.75. The lowest BCUT2D eigenvalue weighted by molar-refractivity contribution is -0.122. The van der Waals surface area contributed by atoms with Gasteiger partial charge in [-0.25, -0.2) is 0 Å². The number of fused-ring (bicyclic) bond motifs is 1. The molecular weight excluding hydrogens is 264 g/mol. The summed E-state index contributed by atoms with van der Waals surface area (Å²) >= 11 is 0. The van der Waals surface area contributed by atoms with Crippen LogP contribution in [0.3, 0.4) is 0 Å². The molecule has 0 radical (unpaired) electrons. The lowest BCUT2D eigenvalue weighted by Gasteiger charge is -2.21. The standard InChI is InChI=1S/C17H24N2O2/c1-11(2)16(19-15(20)9-6-10-18)17-12(3)13-7-4-5-8-14(13)21-17/h4-5,7-8,11,16H,6,9-10,18H2,1-3H3,(H,19,20). The summed E-state index contributed by atoms with van der Waals surface area (Å²) in [7, 11) is 0. The fraction of sp³-hybridized carbons (Fsp3) is 0.471. The van der Waals surface area contributed by atoms with Crippen molar-refractivity contribution in [1.29, 1.82) is 0 Å². The largest absolute Gasteiger partial charge is 0.459 e. The van der Waals surface area contributed by atoms with Gasteiger partial charge in [0, 0.05) is 17.4 Å². The fourth-order valence-corrected chi connectivity index (χ4v) is 2.53. The molecule has 4 heteroatoms. The number of benzene rings is 1. The van der Waals surface area contributed by atoms with E-state index in [0.29, 0.717) is 19.4 Å². The number of para-hydroxylation sites is 1. The molecule has 1 atom stereocenters. The predicted octanol–water partition coefficient (Wildman–Crippen LogP) is 3.29. The van der Waals surface area contributed by atoms with Gasteiger partial charge in [-0.2, -0.15) is 0 Å². The van der Waals surface area contributed by atoms with Crippen molar-refractivity contribution in [3.05, 3.63) is 35.6 Å². The van der Waals surface area contributed by atoms with Crippen LogP contribution in [0.25, 0.3) is 11.0 Å². The Morgan fingerprint density at radius 1 is 1.33 bits per heavy atom. The molecule has 3 N–H and O–H groups in total. The van der Waals surface area contributed by atoms with Gasteiger partial charge in [0.2, 0.25) is 5.91 Å². The van der Waals surface area contributed by atoms with E-state index in [-0.39, 0.29) is 17.9 Å². The minimum atomic E-state index is -0.109. The van der Waals surface area contributed by atoms with Crippen molar-refractivity contribution in [2.24, 2.45) is 11.7 Å². The Morgan fingerprint density at radius 2 is 2.05 bits per heavy atom. The minimum Gasteiger partial charge on any atom is -0.459 e. The maximum atomic E-state index is 12.0. The summed E-state index contributed by atoms with van der Waals surface area (Å²) in [4.78, 5) is 12.0. The van der Waals surface area contributed by atoms with Crippen LogP contribution in [0.2, 0.25) is 0 Å². The normalized spacial score (nSPS) is 12.8. The van der Waals surface area contributed by atoms with Gasteiger partial charge in [-0.1, -0.05) is 32.0 Å². The number of hydrogen-bond acceptors (Lipinski definition) is 3. The van der Waals surface area contributed by atoms with Crippen molar-refractivity contribution in [3.8, 4) is 0 Å². The molecule has 114 valence electrons. The van der Waals surface area contributed by atoms with E-state index in [2.05, 4.69) is 19.2 Å². The number of aryl methyl sites for hydroxylation is 1. The number of carbonyl (C=O) groups excluding carboxylic acids is 1. The van der Waals surface area contributed by atoms with E-state index < -0.39 is 0 Å². The molecule has 1 aromatic heterocycles. The summed E-state index contributed by atoms with van der Waals surface area (Å²) in [5.41, 5.74) is 7.42. The first-order valence-corrected chi connectivity index (χ1v) is 7.52. The highest BCUT2D eigenvalue weighted by Crippen LogP contribution is 2.32. The molecule has 4 nitrogen and oxygen atoms in total. The molecule has 0 saturated heterocycles. The van der Waals surface area contributed by atoms with E-state index in [1.165, 1.54) is 0 Å². The molecule has 0 aliphatic heterocycles. The van der Waals surface area contributed by atoms with Crippen LogP contribution >= 0.6 is 0 Å². The van der Waals surface area contributed by atoms with Crippen LogP contribution in [0.4, 0.5) is 0 Å². The summed E-state index contributed by atoms with van der Waals surface area (Å²) < 4.78 is 5.99. The zero-order valence-corrected chi connectivity index (χ0v) is 13.0. The van der Waals surface area contributed by atoms with Crippen molar-refractivity contribution in [3.63, 3.8) is 0 Å². The monoisotopic (exact) mass is 288 g/mol. The molecule has 0 bridgehead atoms. The zero-order valence-electron chi connectivity index (χ0n) is 13.0. The molecule has 2 aromatic rings. The molecule has 0 aliphatic carbocycles. The number of hydrogen-bond donors (Lipinski definition) is 2. The predicted molar refractivity (Wildman–Crippen MR) is 85.0 cm³/mol. The van der Waals surface area contributed by atoms with E-state index in [9.17, 15) is 4.79 Å². The topological polar surface area (TPSA) is 68.3 Å². The molecule has 0 saturated carbocycles. The quantitative estimate of drug-likeness (QED) is 0.857. The third kappa shape index (κ3) is 3.45. The van der Waals surface area contributed by atoms with Gasteiger partial charge in [0.05, 0.1) is 6.04 Å². The zero-order chi connectivity index (χ0) is 15.4. The second-order valence-electron chi connectivity index (χ2n) is 5.77. The summed E-state index contributed by atoms with van der Waals surface area (Å²) in [5.74, 6) is 1.14. The highest BCUT2D eigenvalue weighted by molar-refractivity contribution is 5.82. The lowest BCUT2D eigenvalue weighted by Crippen LogP contribution is -2.32. The third-order valence-corrected chi connectivity index (χ3v) is 3.75. The van der Waals surface area contributed by atoms with Crippen LogP contribution in [0.15, 0.2) is 28.7 Å². The Bertz CT molecular complexity index is 616. The number of amides is 1. The van der Waals surface area contributed by atoms with Crippen molar-refractivity contribution < 1.29 is 9.21 Å². The van der Waals surface area contributed by atoms with Crippen molar-refractivity contribution in [1.82, 2.24) is 5.32 Å². The van der Waals surface area contributed by atoms with E-state index in [1.807, 2.05) is 31.2 Å². The van der Waals surface area contributed by atoms with Gasteiger partial charge < -0.3 is 15.5 Å². The molecule has 1 amide bonds. The Kier molecular flexibility index (Phi) is 5.02. The molecule has 0 aliphatic rings. The minimum absolute atomic E-state index is 0.0269. The molecule has 1 unspecified atom stereocenters. The van der Waals surface area contributed by atoms with E-state index >= 15 is 0 Å². The van der Waals surface area contributed by atoms with E-state index in [4.69, 9.17) is 10.2 Å². The van der Waals surface area contributed by atoms with Crippen molar-refractivity contribution >= 4 is 16.9 Å². The highest BCUT2D eigenvalue weighted by Gasteiger charge is 2.24. The van der Waals surface area contributed by atoms with Crippen LogP contribution in [0.5, 0.6) is 0 Å². The van der Waals surface area contributed by atoms with Gasteiger partial charge >= 0.3 is 0 Å². The number of rotatable bonds is 6. The summed E-state index contributed by atoms with van der Waals surface area (Å²) in [6.07, 6.45) is 1.16. The van der Waals surface area contributed by atoms with Crippen LogP contribution in [-0.4, -0.2) is 12.5 Å². The number of furan rings is 1. The summed E-state index contributed by atoms with van der Waals surface area (Å²) in [5, 5.41) is 4.19. The van der Waals surface area contributed by atoms with E-state index in [0.717, 1.165) is 22.3 Å². The van der Waals surface area contributed by atoms with Crippen LogP contribution in [0, 0.1) is 12.8 Å². The van der Waals surface area contributed by atoms with Crippen molar-refractivity contribution in [2.45, 2.75) is 39.7 Å². The fourth-order valence-electron chi connectivity index (χ4n) is 2.53. The first-order chi connectivity index (χ1) is 10.0. The van der Waals surface area contributed by atoms with E-state index in [1.54, 1.807) is 0 Å². The first-order valence-electron chi connectivity index (χ1n) is 7.52. The average molecular weight is 288 g/mol. The Balaban J connectivity index is 2.28. The molecule has 0 spiro atoms. The van der Waals surface area contributed by atoms with Crippen LogP contribution in [0.1, 0.15) is 44.1 Å². The van der Waals surface area contributed by atoms with Gasteiger partial charge in [-0.05, 0) is 31.9 Å². The Labute approximate surface area is 125 Å². The first kappa shape index (κ1) is 15.6. The molecule has 1 heterocycles. The lowest BCUT2D eigenvalue weighted by atomic mass is 9.98. The number of nitrogens with two attached hydrogens (primary N) is 1. The van der Waals surface area contributed by atoms with Gasteiger partial charge in [-0.3, -0.25) is 4.79 Å². The second kappa shape index (κ2) is 6.76. The van der Waals surface area contributed by atoms with Crippen LogP contribution < -0.4 is 11.1 Å².